The van der Waals surface area contributed by atoms with Crippen molar-refractivity contribution in [2.24, 2.45) is 0 Å². The Morgan fingerprint density at radius 2 is 1.95 bits per heavy atom. The Morgan fingerprint density at radius 1 is 1.21 bits per heavy atom. The average Bonchev–Trinajstić information content (AvgIpc) is 2.36. The number of nitrogens with one attached hydrogen (secondary N) is 1. The number of likely N-dealkylation sites (N-methyl/N-ethyl adjacent to an activating group) is 1. The molecular weight excluding hydrogens is 236 g/mol. The number of hydrogen-bond donors (Lipinski definition) is 1. The molecule has 1 heterocycles. The fraction of sp³-hybridized carbons (Fsp3) is 0.467. The van der Waals surface area contributed by atoms with Crippen molar-refractivity contribution in [3.05, 3.63) is 30.5 Å². The molecule has 2 rings (SSSR count). The second-order valence-corrected chi connectivity index (χ2v) is 5.85. The summed E-state index contributed by atoms with van der Waals surface area (Å²) >= 11 is 0. The fourth-order valence-corrected chi connectivity index (χ4v) is 2.02. The van der Waals surface area contributed by atoms with Crippen LogP contribution >= 0.6 is 0 Å². The number of rotatable bonds is 4. The van der Waals surface area contributed by atoms with Crippen molar-refractivity contribution in [2.75, 3.05) is 25.0 Å². The molecule has 0 atom stereocenters. The molecule has 0 bridgehead atoms. The Bertz CT molecular complexity index is 540. The van der Waals surface area contributed by atoms with Gasteiger partial charge in [-0.3, -0.25) is 0 Å². The van der Waals surface area contributed by atoms with Gasteiger partial charge in [-0.15, -0.1) is 0 Å². The van der Waals surface area contributed by atoms with E-state index >= 15 is 0 Å². The first-order valence-corrected chi connectivity index (χ1v) is 6.64. The normalized spacial score (nSPS) is 11.8. The summed E-state index contributed by atoms with van der Waals surface area (Å²) in [6, 6.07) is 8.11. The summed E-state index contributed by atoms with van der Waals surface area (Å²) in [6.07, 6.45) is 1.83. The first-order chi connectivity index (χ1) is 8.97. The van der Waals surface area contributed by atoms with E-state index < -0.39 is 0 Å². The predicted octanol–water partition coefficient (Wildman–Crippen LogP) is 2.45. The highest BCUT2D eigenvalue weighted by Gasteiger charge is 2.10. The molecule has 2 aromatic rings. The molecule has 0 spiro atoms. The van der Waals surface area contributed by atoms with Crippen LogP contribution in [-0.2, 0) is 0 Å². The summed E-state index contributed by atoms with van der Waals surface area (Å²) in [7, 11) is 2.09. The van der Waals surface area contributed by atoms with E-state index in [1.165, 1.54) is 0 Å². The van der Waals surface area contributed by atoms with Crippen molar-refractivity contribution in [2.45, 2.75) is 26.3 Å². The first-order valence-electron chi connectivity index (χ1n) is 6.64. The highest BCUT2D eigenvalue weighted by Crippen LogP contribution is 2.22. The van der Waals surface area contributed by atoms with Crippen LogP contribution in [0.25, 0.3) is 10.9 Å². The van der Waals surface area contributed by atoms with Gasteiger partial charge in [0.15, 0.2) is 0 Å². The van der Waals surface area contributed by atoms with Gasteiger partial charge in [0.1, 0.15) is 0 Å². The molecule has 0 fully saturated rings. The van der Waals surface area contributed by atoms with Gasteiger partial charge in [-0.05, 0) is 26.8 Å². The number of fused-ring (bicyclic) bond motifs is 1. The minimum Gasteiger partial charge on any atom is -0.371 e. The summed E-state index contributed by atoms with van der Waals surface area (Å²) in [5, 5.41) is 12.9. The molecule has 0 aliphatic rings. The average molecular weight is 258 g/mol. The molecule has 4 nitrogen and oxygen atoms in total. The van der Waals surface area contributed by atoms with Crippen molar-refractivity contribution in [3.8, 4) is 0 Å². The van der Waals surface area contributed by atoms with Gasteiger partial charge >= 0.3 is 0 Å². The maximum atomic E-state index is 4.15. The van der Waals surface area contributed by atoms with Crippen LogP contribution in [0.5, 0.6) is 0 Å². The van der Waals surface area contributed by atoms with Crippen molar-refractivity contribution in [1.82, 2.24) is 15.5 Å². The van der Waals surface area contributed by atoms with Crippen LogP contribution in [0.2, 0.25) is 0 Å². The zero-order valence-electron chi connectivity index (χ0n) is 12.1. The van der Waals surface area contributed by atoms with E-state index in [4.69, 9.17) is 0 Å². The van der Waals surface area contributed by atoms with Crippen LogP contribution in [0.3, 0.4) is 0 Å². The zero-order chi connectivity index (χ0) is 13.9. The van der Waals surface area contributed by atoms with E-state index in [0.717, 1.165) is 29.7 Å². The fourth-order valence-electron chi connectivity index (χ4n) is 2.02. The minimum absolute atomic E-state index is 0.152. The molecule has 0 radical (unpaired) electrons. The molecule has 0 saturated heterocycles. The van der Waals surface area contributed by atoms with Crippen molar-refractivity contribution < 1.29 is 0 Å². The van der Waals surface area contributed by atoms with Crippen molar-refractivity contribution in [1.29, 1.82) is 0 Å². The Labute approximate surface area is 114 Å². The highest BCUT2D eigenvalue weighted by molar-refractivity contribution is 5.90. The number of aromatic nitrogens is 2. The predicted molar refractivity (Wildman–Crippen MR) is 80.6 cm³/mol. The van der Waals surface area contributed by atoms with E-state index in [-0.39, 0.29) is 5.54 Å². The second kappa shape index (κ2) is 5.53. The molecular formula is C15H22N4. The van der Waals surface area contributed by atoms with Gasteiger partial charge in [0, 0.05) is 31.1 Å². The standard InChI is InChI=1S/C15H22N4/c1-15(2,3)16-9-10-19(4)14-11-17-18-13-8-6-5-7-12(13)14/h5-8,11,16H,9-10H2,1-4H3. The quantitative estimate of drug-likeness (QED) is 0.914. The Balaban J connectivity index is 2.11. The molecule has 1 aromatic heterocycles. The lowest BCUT2D eigenvalue weighted by molar-refractivity contribution is 0.431. The Morgan fingerprint density at radius 3 is 2.68 bits per heavy atom. The van der Waals surface area contributed by atoms with Crippen LogP contribution in [0.15, 0.2) is 30.5 Å². The van der Waals surface area contributed by atoms with E-state index in [1.54, 1.807) is 0 Å². The van der Waals surface area contributed by atoms with Gasteiger partial charge in [0.25, 0.3) is 0 Å². The van der Waals surface area contributed by atoms with Crippen LogP contribution < -0.4 is 10.2 Å². The third-order valence-electron chi connectivity index (χ3n) is 3.04. The zero-order valence-corrected chi connectivity index (χ0v) is 12.1. The lowest BCUT2D eigenvalue weighted by Gasteiger charge is -2.25. The van der Waals surface area contributed by atoms with Gasteiger partial charge in [-0.25, -0.2) is 0 Å². The van der Waals surface area contributed by atoms with Gasteiger partial charge < -0.3 is 10.2 Å². The molecule has 102 valence electrons. The third kappa shape index (κ3) is 3.64. The SMILES string of the molecule is CN(CCNC(C)(C)C)c1cnnc2ccccc12. The van der Waals surface area contributed by atoms with Crippen LogP contribution in [0, 0.1) is 0 Å². The molecule has 1 N–H and O–H groups in total. The maximum absolute atomic E-state index is 4.15. The molecule has 4 heteroatoms. The number of anilines is 1. The van der Waals surface area contributed by atoms with E-state index in [2.05, 4.69) is 54.3 Å². The first kappa shape index (κ1) is 13.7. The summed E-state index contributed by atoms with van der Waals surface area (Å²) in [5.41, 5.74) is 2.22. The van der Waals surface area contributed by atoms with Gasteiger partial charge in [0.2, 0.25) is 0 Å². The Hall–Kier alpha value is -1.68. The van der Waals surface area contributed by atoms with E-state index in [1.807, 2.05) is 24.4 Å². The smallest absolute Gasteiger partial charge is 0.0950 e. The molecule has 0 amide bonds. The molecule has 0 saturated carbocycles. The third-order valence-corrected chi connectivity index (χ3v) is 3.04. The monoisotopic (exact) mass is 258 g/mol. The maximum Gasteiger partial charge on any atom is 0.0950 e. The molecule has 0 unspecified atom stereocenters. The summed E-state index contributed by atoms with van der Waals surface area (Å²) in [6.45, 7) is 8.41. The van der Waals surface area contributed by atoms with Crippen molar-refractivity contribution in [3.63, 3.8) is 0 Å². The van der Waals surface area contributed by atoms with Crippen LogP contribution in [-0.4, -0.2) is 35.9 Å². The largest absolute Gasteiger partial charge is 0.371 e. The van der Waals surface area contributed by atoms with E-state index in [0.29, 0.717) is 0 Å². The molecule has 0 aliphatic carbocycles. The van der Waals surface area contributed by atoms with Crippen LogP contribution in [0.1, 0.15) is 20.8 Å². The summed E-state index contributed by atoms with van der Waals surface area (Å²) in [5.74, 6) is 0. The van der Waals surface area contributed by atoms with Crippen molar-refractivity contribution >= 4 is 16.6 Å². The molecule has 0 aliphatic heterocycles. The number of nitrogens with zero attached hydrogens (tertiary/aromatic N) is 3. The number of benzene rings is 1. The second-order valence-electron chi connectivity index (χ2n) is 5.85. The van der Waals surface area contributed by atoms with Gasteiger partial charge in [-0.2, -0.15) is 10.2 Å². The summed E-state index contributed by atoms with van der Waals surface area (Å²) < 4.78 is 0. The topological polar surface area (TPSA) is 41.0 Å². The minimum atomic E-state index is 0.152. The highest BCUT2D eigenvalue weighted by atomic mass is 15.2. The summed E-state index contributed by atoms with van der Waals surface area (Å²) in [4.78, 5) is 2.22. The van der Waals surface area contributed by atoms with Crippen LogP contribution in [0.4, 0.5) is 5.69 Å². The van der Waals surface area contributed by atoms with E-state index in [9.17, 15) is 0 Å². The van der Waals surface area contributed by atoms with Gasteiger partial charge in [0.05, 0.1) is 17.4 Å². The molecule has 1 aromatic carbocycles. The lowest BCUT2D eigenvalue weighted by Crippen LogP contribution is -2.40. The molecule has 19 heavy (non-hydrogen) atoms. The van der Waals surface area contributed by atoms with Gasteiger partial charge in [-0.1, -0.05) is 18.2 Å². The number of hydrogen-bond acceptors (Lipinski definition) is 4. The Kier molecular flexibility index (Phi) is 4.00. The lowest BCUT2D eigenvalue weighted by atomic mass is 10.1.